The third-order valence-electron chi connectivity index (χ3n) is 3.73. The second-order valence-electron chi connectivity index (χ2n) is 4.97. The summed E-state index contributed by atoms with van der Waals surface area (Å²) in [6, 6.07) is 0.520. The highest BCUT2D eigenvalue weighted by atomic mass is 32.1. The summed E-state index contributed by atoms with van der Waals surface area (Å²) < 4.78 is 0. The van der Waals surface area contributed by atoms with Crippen molar-refractivity contribution in [2.45, 2.75) is 32.2 Å². The molecule has 1 fully saturated rings. The zero-order valence-electron chi connectivity index (χ0n) is 11.5. The summed E-state index contributed by atoms with van der Waals surface area (Å²) in [7, 11) is 2.07. The number of likely N-dealkylation sites (tertiary alicyclic amines) is 1. The van der Waals surface area contributed by atoms with Crippen LogP contribution in [0.2, 0.25) is 0 Å². The van der Waals surface area contributed by atoms with Crippen molar-refractivity contribution in [2.24, 2.45) is 0 Å². The number of carboxylic acid groups (broad SMARTS) is 1. The quantitative estimate of drug-likeness (QED) is 0.891. The van der Waals surface area contributed by atoms with E-state index in [-0.39, 0.29) is 6.42 Å². The molecule has 0 aliphatic carbocycles. The minimum Gasteiger partial charge on any atom is -0.481 e. The summed E-state index contributed by atoms with van der Waals surface area (Å²) >= 11 is 1.54. The maximum Gasteiger partial charge on any atom is 0.309 e. The second kappa shape index (κ2) is 6.34. The molecular weight excluding hydrogens is 262 g/mol. The van der Waals surface area contributed by atoms with Crippen LogP contribution in [0.1, 0.15) is 25.5 Å². The number of carbonyl (C=O) groups is 1. The SMILES string of the molecule is CCN1CCC(N(C)c2nc(CC(=O)O)cs2)CC1. The summed E-state index contributed by atoms with van der Waals surface area (Å²) in [5, 5.41) is 11.5. The first kappa shape index (κ1) is 14.3. The maximum atomic E-state index is 10.7. The Kier molecular flexibility index (Phi) is 4.76. The van der Waals surface area contributed by atoms with Crippen LogP contribution < -0.4 is 4.90 Å². The van der Waals surface area contributed by atoms with E-state index < -0.39 is 5.97 Å². The van der Waals surface area contributed by atoms with E-state index in [4.69, 9.17) is 5.11 Å². The highest BCUT2D eigenvalue weighted by Crippen LogP contribution is 2.25. The number of aliphatic carboxylic acids is 1. The number of rotatable bonds is 5. The van der Waals surface area contributed by atoms with E-state index in [1.807, 2.05) is 5.38 Å². The summed E-state index contributed by atoms with van der Waals surface area (Å²) in [6.45, 7) is 5.59. The number of thiazole rings is 1. The molecule has 19 heavy (non-hydrogen) atoms. The lowest BCUT2D eigenvalue weighted by atomic mass is 10.0. The van der Waals surface area contributed by atoms with Crippen LogP contribution in [0.25, 0.3) is 0 Å². The van der Waals surface area contributed by atoms with E-state index in [1.165, 1.54) is 11.3 Å². The Morgan fingerprint density at radius 3 is 2.84 bits per heavy atom. The summed E-state index contributed by atoms with van der Waals surface area (Å²) in [6.07, 6.45) is 2.31. The lowest BCUT2D eigenvalue weighted by molar-refractivity contribution is -0.136. The van der Waals surface area contributed by atoms with Crippen LogP contribution in [0.4, 0.5) is 5.13 Å². The molecule has 0 atom stereocenters. The fourth-order valence-electron chi connectivity index (χ4n) is 2.47. The van der Waals surface area contributed by atoms with E-state index in [0.717, 1.165) is 37.6 Å². The molecule has 5 nitrogen and oxygen atoms in total. The molecule has 0 amide bonds. The predicted octanol–water partition coefficient (Wildman–Crippen LogP) is 1.69. The van der Waals surface area contributed by atoms with Crippen LogP contribution in [-0.4, -0.2) is 53.7 Å². The van der Waals surface area contributed by atoms with Gasteiger partial charge in [-0.3, -0.25) is 4.79 Å². The highest BCUT2D eigenvalue weighted by molar-refractivity contribution is 7.13. The second-order valence-corrected chi connectivity index (χ2v) is 5.80. The zero-order chi connectivity index (χ0) is 13.8. The van der Waals surface area contributed by atoms with Crippen molar-refractivity contribution in [2.75, 3.05) is 31.6 Å². The normalized spacial score (nSPS) is 17.6. The number of aromatic nitrogens is 1. The Morgan fingerprint density at radius 1 is 1.58 bits per heavy atom. The fourth-order valence-corrected chi connectivity index (χ4v) is 3.34. The van der Waals surface area contributed by atoms with Crippen molar-refractivity contribution in [1.82, 2.24) is 9.88 Å². The molecule has 0 radical (unpaired) electrons. The predicted molar refractivity (Wildman–Crippen MR) is 77.0 cm³/mol. The molecule has 0 aromatic carbocycles. The molecule has 1 N–H and O–H groups in total. The van der Waals surface area contributed by atoms with Gasteiger partial charge in [-0.05, 0) is 19.4 Å². The average molecular weight is 283 g/mol. The Morgan fingerprint density at radius 2 is 2.26 bits per heavy atom. The molecule has 2 heterocycles. The molecule has 1 aliphatic rings. The lowest BCUT2D eigenvalue weighted by Gasteiger charge is -2.36. The van der Waals surface area contributed by atoms with Gasteiger partial charge in [-0.1, -0.05) is 6.92 Å². The van der Waals surface area contributed by atoms with E-state index in [0.29, 0.717) is 11.7 Å². The van der Waals surface area contributed by atoms with Gasteiger partial charge < -0.3 is 14.9 Å². The van der Waals surface area contributed by atoms with E-state index in [9.17, 15) is 4.79 Å². The van der Waals surface area contributed by atoms with Gasteiger partial charge in [-0.2, -0.15) is 0 Å². The minimum atomic E-state index is -0.823. The Bertz CT molecular complexity index is 427. The van der Waals surface area contributed by atoms with Gasteiger partial charge in [0.1, 0.15) is 0 Å². The first-order valence-electron chi connectivity index (χ1n) is 6.71. The summed E-state index contributed by atoms with van der Waals surface area (Å²) in [5.74, 6) is -0.823. The molecule has 0 saturated carbocycles. The fraction of sp³-hybridized carbons (Fsp3) is 0.692. The largest absolute Gasteiger partial charge is 0.481 e. The Labute approximate surface area is 117 Å². The summed E-state index contributed by atoms with van der Waals surface area (Å²) in [5.41, 5.74) is 0.658. The zero-order valence-corrected chi connectivity index (χ0v) is 12.3. The van der Waals surface area contributed by atoms with Gasteiger partial charge in [0.05, 0.1) is 12.1 Å². The van der Waals surface area contributed by atoms with E-state index in [1.54, 1.807) is 0 Å². The average Bonchev–Trinajstić information content (AvgIpc) is 2.85. The molecule has 0 spiro atoms. The molecule has 1 aliphatic heterocycles. The molecule has 0 bridgehead atoms. The van der Waals surface area contributed by atoms with Crippen LogP contribution in [0, 0.1) is 0 Å². The minimum absolute atomic E-state index is 0.0125. The molecule has 1 aromatic rings. The van der Waals surface area contributed by atoms with E-state index >= 15 is 0 Å². The van der Waals surface area contributed by atoms with Gasteiger partial charge in [0, 0.05) is 31.6 Å². The van der Waals surface area contributed by atoms with Crippen molar-refractivity contribution in [3.05, 3.63) is 11.1 Å². The van der Waals surface area contributed by atoms with Crippen molar-refractivity contribution in [3.63, 3.8) is 0 Å². The van der Waals surface area contributed by atoms with Crippen molar-refractivity contribution in [3.8, 4) is 0 Å². The van der Waals surface area contributed by atoms with Crippen LogP contribution in [0.15, 0.2) is 5.38 Å². The highest BCUT2D eigenvalue weighted by Gasteiger charge is 2.23. The molecule has 6 heteroatoms. The molecule has 0 unspecified atom stereocenters. The molecule has 1 saturated heterocycles. The monoisotopic (exact) mass is 283 g/mol. The first-order valence-corrected chi connectivity index (χ1v) is 7.59. The number of carboxylic acids is 1. The van der Waals surface area contributed by atoms with Crippen molar-refractivity contribution >= 4 is 22.4 Å². The van der Waals surface area contributed by atoms with E-state index in [2.05, 4.69) is 28.8 Å². The van der Waals surface area contributed by atoms with Crippen LogP contribution in [0.3, 0.4) is 0 Å². The number of piperidine rings is 1. The molecule has 1 aromatic heterocycles. The van der Waals surface area contributed by atoms with Gasteiger partial charge in [0.15, 0.2) is 5.13 Å². The maximum absolute atomic E-state index is 10.7. The number of hydrogen-bond acceptors (Lipinski definition) is 5. The smallest absolute Gasteiger partial charge is 0.309 e. The van der Waals surface area contributed by atoms with Crippen LogP contribution in [-0.2, 0) is 11.2 Å². The standard InChI is InChI=1S/C13H21N3O2S/c1-3-16-6-4-11(5-7-16)15(2)13-14-10(9-19-13)8-12(17)18/h9,11H,3-8H2,1-2H3,(H,17,18). The Hall–Kier alpha value is -1.14. The van der Waals surface area contributed by atoms with Gasteiger partial charge in [-0.15, -0.1) is 11.3 Å². The lowest BCUT2D eigenvalue weighted by Crippen LogP contribution is -2.43. The molecule has 106 valence electrons. The van der Waals surface area contributed by atoms with Gasteiger partial charge >= 0.3 is 5.97 Å². The third-order valence-corrected chi connectivity index (χ3v) is 4.71. The van der Waals surface area contributed by atoms with Crippen LogP contribution >= 0.6 is 11.3 Å². The van der Waals surface area contributed by atoms with Crippen molar-refractivity contribution in [1.29, 1.82) is 0 Å². The summed E-state index contributed by atoms with van der Waals surface area (Å²) in [4.78, 5) is 19.8. The van der Waals surface area contributed by atoms with Gasteiger partial charge in [-0.25, -0.2) is 4.98 Å². The van der Waals surface area contributed by atoms with Crippen molar-refractivity contribution < 1.29 is 9.90 Å². The number of anilines is 1. The van der Waals surface area contributed by atoms with Crippen LogP contribution in [0.5, 0.6) is 0 Å². The Balaban J connectivity index is 1.94. The number of hydrogen-bond donors (Lipinski definition) is 1. The third kappa shape index (κ3) is 3.67. The topological polar surface area (TPSA) is 56.7 Å². The number of nitrogens with zero attached hydrogens (tertiary/aromatic N) is 3. The first-order chi connectivity index (χ1) is 9.10. The van der Waals surface area contributed by atoms with Gasteiger partial charge in [0.2, 0.25) is 0 Å². The molecule has 2 rings (SSSR count). The molecular formula is C13H21N3O2S. The van der Waals surface area contributed by atoms with Gasteiger partial charge in [0.25, 0.3) is 0 Å².